The van der Waals surface area contributed by atoms with Gasteiger partial charge in [-0.25, -0.2) is 8.42 Å². The third kappa shape index (κ3) is 5.56. The van der Waals surface area contributed by atoms with Gasteiger partial charge in [0.05, 0.1) is 11.7 Å². The standard InChI is InChI=1S/C11H20F3NO2S/c1-8(7-18(2,16)17)15-10-5-3-4-9(6-10)11(12,13)14/h8-10,15H,3-7H2,1-2H3. The highest BCUT2D eigenvalue weighted by Crippen LogP contribution is 2.37. The van der Waals surface area contributed by atoms with Crippen molar-refractivity contribution in [1.82, 2.24) is 5.32 Å². The van der Waals surface area contributed by atoms with E-state index in [9.17, 15) is 21.6 Å². The lowest BCUT2D eigenvalue weighted by molar-refractivity contribution is -0.183. The monoisotopic (exact) mass is 287 g/mol. The smallest absolute Gasteiger partial charge is 0.310 e. The van der Waals surface area contributed by atoms with Gasteiger partial charge in [0.2, 0.25) is 0 Å². The Hall–Kier alpha value is -0.300. The average molecular weight is 287 g/mol. The summed E-state index contributed by atoms with van der Waals surface area (Å²) in [5.41, 5.74) is 0. The van der Waals surface area contributed by atoms with Gasteiger partial charge in [0.25, 0.3) is 0 Å². The van der Waals surface area contributed by atoms with Crippen LogP contribution in [0, 0.1) is 5.92 Å². The summed E-state index contributed by atoms with van der Waals surface area (Å²) in [4.78, 5) is 0. The lowest BCUT2D eigenvalue weighted by Crippen LogP contribution is -2.44. The van der Waals surface area contributed by atoms with Crippen LogP contribution in [-0.2, 0) is 9.84 Å². The van der Waals surface area contributed by atoms with Gasteiger partial charge in [0, 0.05) is 18.3 Å². The lowest BCUT2D eigenvalue weighted by atomic mass is 9.85. The molecule has 108 valence electrons. The van der Waals surface area contributed by atoms with E-state index in [-0.39, 0.29) is 30.7 Å². The van der Waals surface area contributed by atoms with Gasteiger partial charge in [-0.2, -0.15) is 13.2 Å². The third-order valence-corrected chi connectivity index (χ3v) is 4.32. The molecule has 3 atom stereocenters. The Kier molecular flexibility index (Phi) is 5.05. The van der Waals surface area contributed by atoms with E-state index in [0.717, 1.165) is 6.26 Å². The lowest BCUT2D eigenvalue weighted by Gasteiger charge is -2.32. The van der Waals surface area contributed by atoms with Gasteiger partial charge in [-0.05, 0) is 26.2 Å². The van der Waals surface area contributed by atoms with Crippen molar-refractivity contribution in [3.05, 3.63) is 0 Å². The van der Waals surface area contributed by atoms with Crippen LogP contribution < -0.4 is 5.32 Å². The SMILES string of the molecule is CC(CS(C)(=O)=O)NC1CCCC(C(F)(F)F)C1. The van der Waals surface area contributed by atoms with Crippen LogP contribution in [-0.4, -0.2) is 38.7 Å². The molecule has 0 bridgehead atoms. The summed E-state index contributed by atoms with van der Waals surface area (Å²) in [6, 6.07) is -0.542. The average Bonchev–Trinajstić information content (AvgIpc) is 2.13. The highest BCUT2D eigenvalue weighted by atomic mass is 32.2. The molecule has 3 nitrogen and oxygen atoms in total. The summed E-state index contributed by atoms with van der Waals surface area (Å²) >= 11 is 0. The Bertz CT molecular complexity index is 367. The summed E-state index contributed by atoms with van der Waals surface area (Å²) in [5.74, 6) is -1.30. The van der Waals surface area contributed by atoms with E-state index in [4.69, 9.17) is 0 Å². The van der Waals surface area contributed by atoms with Crippen LogP contribution in [0.1, 0.15) is 32.6 Å². The van der Waals surface area contributed by atoms with Crippen LogP contribution in [0.3, 0.4) is 0 Å². The predicted molar refractivity (Wildman–Crippen MR) is 64.1 cm³/mol. The number of alkyl halides is 3. The number of nitrogens with one attached hydrogen (secondary N) is 1. The zero-order valence-electron chi connectivity index (χ0n) is 10.6. The van der Waals surface area contributed by atoms with Crippen LogP contribution in [0.25, 0.3) is 0 Å². The molecule has 1 fully saturated rings. The molecule has 0 amide bonds. The molecule has 1 aliphatic rings. The zero-order valence-corrected chi connectivity index (χ0v) is 11.4. The van der Waals surface area contributed by atoms with Gasteiger partial charge in [-0.3, -0.25) is 0 Å². The minimum absolute atomic E-state index is 0.0415. The molecule has 18 heavy (non-hydrogen) atoms. The molecule has 1 aliphatic carbocycles. The molecule has 1 saturated carbocycles. The summed E-state index contributed by atoms with van der Waals surface area (Å²) in [6.45, 7) is 1.69. The first-order valence-electron chi connectivity index (χ1n) is 6.08. The van der Waals surface area contributed by atoms with Crippen molar-refractivity contribution in [1.29, 1.82) is 0 Å². The van der Waals surface area contributed by atoms with E-state index in [0.29, 0.717) is 12.8 Å². The van der Waals surface area contributed by atoms with E-state index < -0.39 is 21.9 Å². The Morgan fingerprint density at radius 2 is 1.94 bits per heavy atom. The Morgan fingerprint density at radius 3 is 2.44 bits per heavy atom. The number of rotatable bonds is 4. The number of hydrogen-bond acceptors (Lipinski definition) is 3. The normalized spacial score (nSPS) is 28.1. The van der Waals surface area contributed by atoms with Crippen molar-refractivity contribution in [2.75, 3.05) is 12.0 Å². The maximum atomic E-state index is 12.6. The first-order valence-corrected chi connectivity index (χ1v) is 8.14. The molecular weight excluding hydrogens is 267 g/mol. The summed E-state index contributed by atoms with van der Waals surface area (Å²) in [6.07, 6.45) is -1.56. The van der Waals surface area contributed by atoms with Crippen molar-refractivity contribution < 1.29 is 21.6 Å². The van der Waals surface area contributed by atoms with E-state index in [1.165, 1.54) is 0 Å². The van der Waals surface area contributed by atoms with Gasteiger partial charge in [0.15, 0.2) is 0 Å². The zero-order chi connectivity index (χ0) is 14.0. The molecule has 0 spiro atoms. The van der Waals surface area contributed by atoms with Crippen LogP contribution >= 0.6 is 0 Å². The minimum Gasteiger partial charge on any atom is -0.310 e. The van der Waals surface area contributed by atoms with Crippen LogP contribution in [0.5, 0.6) is 0 Å². The van der Waals surface area contributed by atoms with Gasteiger partial charge in [-0.15, -0.1) is 0 Å². The largest absolute Gasteiger partial charge is 0.391 e. The van der Waals surface area contributed by atoms with E-state index in [1.807, 2.05) is 0 Å². The van der Waals surface area contributed by atoms with Gasteiger partial charge >= 0.3 is 6.18 Å². The van der Waals surface area contributed by atoms with E-state index >= 15 is 0 Å². The van der Waals surface area contributed by atoms with Crippen molar-refractivity contribution in [2.24, 2.45) is 5.92 Å². The fourth-order valence-corrected chi connectivity index (χ4v) is 3.55. The van der Waals surface area contributed by atoms with E-state index in [2.05, 4.69) is 5.32 Å². The number of sulfone groups is 1. The topological polar surface area (TPSA) is 46.2 Å². The molecule has 0 aromatic heterocycles. The third-order valence-electron chi connectivity index (χ3n) is 3.21. The van der Waals surface area contributed by atoms with Crippen molar-refractivity contribution >= 4 is 9.84 Å². The molecule has 0 heterocycles. The van der Waals surface area contributed by atoms with Crippen molar-refractivity contribution in [3.63, 3.8) is 0 Å². The van der Waals surface area contributed by atoms with Gasteiger partial charge < -0.3 is 5.32 Å². The van der Waals surface area contributed by atoms with Crippen LogP contribution in [0.2, 0.25) is 0 Å². The minimum atomic E-state index is -4.14. The van der Waals surface area contributed by atoms with Crippen LogP contribution in [0.4, 0.5) is 13.2 Å². The molecule has 1 rings (SSSR count). The second-order valence-corrected chi connectivity index (χ2v) is 7.45. The molecule has 0 aromatic carbocycles. The molecule has 0 saturated heterocycles. The number of halogens is 3. The highest BCUT2D eigenvalue weighted by Gasteiger charge is 2.42. The molecule has 1 N–H and O–H groups in total. The first-order chi connectivity index (χ1) is 8.08. The number of hydrogen-bond donors (Lipinski definition) is 1. The Morgan fingerprint density at radius 1 is 1.33 bits per heavy atom. The fraction of sp³-hybridized carbons (Fsp3) is 1.00. The highest BCUT2D eigenvalue weighted by molar-refractivity contribution is 7.90. The van der Waals surface area contributed by atoms with Crippen molar-refractivity contribution in [2.45, 2.75) is 50.9 Å². The summed E-state index contributed by atoms with van der Waals surface area (Å²) < 4.78 is 60.0. The Labute approximate surface area is 106 Å². The Balaban J connectivity index is 2.48. The molecular formula is C11H20F3NO2S. The van der Waals surface area contributed by atoms with Gasteiger partial charge in [-0.1, -0.05) is 6.42 Å². The maximum absolute atomic E-state index is 12.6. The quantitative estimate of drug-likeness (QED) is 0.861. The fourth-order valence-electron chi connectivity index (χ4n) is 2.54. The second-order valence-electron chi connectivity index (χ2n) is 5.26. The summed E-state index contributed by atoms with van der Waals surface area (Å²) in [5, 5.41) is 3.00. The molecule has 0 radical (unpaired) electrons. The molecule has 0 aliphatic heterocycles. The van der Waals surface area contributed by atoms with E-state index in [1.54, 1.807) is 6.92 Å². The van der Waals surface area contributed by atoms with Gasteiger partial charge in [0.1, 0.15) is 9.84 Å². The molecule has 7 heteroatoms. The van der Waals surface area contributed by atoms with Crippen molar-refractivity contribution in [3.8, 4) is 0 Å². The maximum Gasteiger partial charge on any atom is 0.391 e. The van der Waals surface area contributed by atoms with Crippen LogP contribution in [0.15, 0.2) is 0 Å². The second kappa shape index (κ2) is 5.77. The molecule has 0 aromatic rings. The predicted octanol–water partition coefficient (Wildman–Crippen LogP) is 2.13. The summed E-state index contributed by atoms with van der Waals surface area (Å²) in [7, 11) is -3.10. The molecule has 3 unspecified atom stereocenters. The first kappa shape index (κ1) is 15.8.